The molecule has 0 saturated heterocycles. The van der Waals surface area contributed by atoms with Gasteiger partial charge in [0.25, 0.3) is 5.89 Å². The van der Waals surface area contributed by atoms with Gasteiger partial charge in [0.2, 0.25) is 11.7 Å². The molecule has 0 unspecified atom stereocenters. The van der Waals surface area contributed by atoms with Gasteiger partial charge in [-0.3, -0.25) is 4.79 Å². The number of aromatic nitrogens is 2. The minimum absolute atomic E-state index is 0.290. The Balaban J connectivity index is 1.56. The van der Waals surface area contributed by atoms with Crippen molar-refractivity contribution in [1.82, 2.24) is 10.1 Å². The van der Waals surface area contributed by atoms with Crippen LogP contribution in [0.5, 0.6) is 0 Å². The fraction of sp³-hybridized carbons (Fsp3) is 0. The van der Waals surface area contributed by atoms with Crippen LogP contribution in [-0.4, -0.2) is 16.0 Å². The van der Waals surface area contributed by atoms with Crippen molar-refractivity contribution in [3.8, 4) is 22.8 Å². The minimum atomic E-state index is -0.290. The molecule has 6 nitrogen and oxygen atoms in total. The Morgan fingerprint density at radius 1 is 0.963 bits per heavy atom. The SMILES string of the molecule is O=C(/C=C/c1ccco1)Nc1ccccc1-c1nc(-c2ccccc2)no1. The fourth-order valence-corrected chi connectivity index (χ4v) is 2.53. The summed E-state index contributed by atoms with van der Waals surface area (Å²) in [7, 11) is 0. The maximum atomic E-state index is 12.2. The second kappa shape index (κ2) is 7.53. The molecule has 2 aromatic carbocycles. The summed E-state index contributed by atoms with van der Waals surface area (Å²) in [5, 5.41) is 6.85. The molecule has 0 spiro atoms. The van der Waals surface area contributed by atoms with E-state index in [2.05, 4.69) is 15.5 Å². The van der Waals surface area contributed by atoms with Crippen molar-refractivity contribution in [3.63, 3.8) is 0 Å². The minimum Gasteiger partial charge on any atom is -0.465 e. The molecule has 0 atom stereocenters. The Labute approximate surface area is 155 Å². The second-order valence-electron chi connectivity index (χ2n) is 5.67. The van der Waals surface area contributed by atoms with Gasteiger partial charge >= 0.3 is 0 Å². The highest BCUT2D eigenvalue weighted by Gasteiger charge is 2.14. The van der Waals surface area contributed by atoms with Gasteiger partial charge in [0.15, 0.2) is 0 Å². The summed E-state index contributed by atoms with van der Waals surface area (Å²) >= 11 is 0. The topological polar surface area (TPSA) is 81.2 Å². The molecule has 6 heteroatoms. The van der Waals surface area contributed by atoms with E-state index in [1.54, 1.807) is 30.5 Å². The quantitative estimate of drug-likeness (QED) is 0.526. The zero-order valence-corrected chi connectivity index (χ0v) is 14.2. The lowest BCUT2D eigenvalue weighted by Gasteiger charge is -2.06. The van der Waals surface area contributed by atoms with Gasteiger partial charge in [0.05, 0.1) is 17.5 Å². The lowest BCUT2D eigenvalue weighted by Crippen LogP contribution is -2.08. The van der Waals surface area contributed by atoms with E-state index < -0.39 is 0 Å². The molecule has 1 N–H and O–H groups in total. The van der Waals surface area contributed by atoms with Gasteiger partial charge in [-0.25, -0.2) is 0 Å². The lowest BCUT2D eigenvalue weighted by molar-refractivity contribution is -0.111. The third-order valence-corrected chi connectivity index (χ3v) is 3.82. The number of furan rings is 1. The normalized spacial score (nSPS) is 11.0. The fourth-order valence-electron chi connectivity index (χ4n) is 2.53. The molecule has 0 aliphatic carbocycles. The molecular weight excluding hydrogens is 342 g/mol. The van der Waals surface area contributed by atoms with E-state index in [0.717, 1.165) is 5.56 Å². The smallest absolute Gasteiger partial charge is 0.260 e. The highest BCUT2D eigenvalue weighted by molar-refractivity contribution is 6.03. The first-order valence-electron chi connectivity index (χ1n) is 8.31. The molecule has 27 heavy (non-hydrogen) atoms. The third kappa shape index (κ3) is 3.85. The van der Waals surface area contributed by atoms with Gasteiger partial charge < -0.3 is 14.3 Å². The number of rotatable bonds is 5. The van der Waals surface area contributed by atoms with Gasteiger partial charge in [0, 0.05) is 11.6 Å². The first-order chi connectivity index (χ1) is 13.3. The molecule has 4 aromatic rings. The predicted octanol–water partition coefficient (Wildman–Crippen LogP) is 4.65. The van der Waals surface area contributed by atoms with Gasteiger partial charge in [-0.05, 0) is 30.3 Å². The van der Waals surface area contributed by atoms with Crippen molar-refractivity contribution in [1.29, 1.82) is 0 Å². The van der Waals surface area contributed by atoms with Gasteiger partial charge in [-0.1, -0.05) is 47.6 Å². The second-order valence-corrected chi connectivity index (χ2v) is 5.67. The van der Waals surface area contributed by atoms with Gasteiger partial charge in [-0.15, -0.1) is 0 Å². The summed E-state index contributed by atoms with van der Waals surface area (Å²) in [6.07, 6.45) is 4.55. The standard InChI is InChI=1S/C21H15N3O3/c25-19(13-12-16-9-6-14-26-16)22-18-11-5-4-10-17(18)21-23-20(24-27-21)15-7-2-1-3-8-15/h1-14H,(H,22,25)/b13-12+. The molecule has 2 heterocycles. The van der Waals surface area contributed by atoms with Crippen LogP contribution in [0.3, 0.4) is 0 Å². The van der Waals surface area contributed by atoms with E-state index in [1.165, 1.54) is 6.08 Å². The van der Waals surface area contributed by atoms with E-state index in [4.69, 9.17) is 8.94 Å². The molecule has 0 bridgehead atoms. The summed E-state index contributed by atoms with van der Waals surface area (Å²) in [5.41, 5.74) is 2.08. The number of para-hydroxylation sites is 1. The predicted molar refractivity (Wildman–Crippen MR) is 102 cm³/mol. The van der Waals surface area contributed by atoms with E-state index >= 15 is 0 Å². The van der Waals surface area contributed by atoms with Crippen LogP contribution in [0.25, 0.3) is 28.9 Å². The average molecular weight is 357 g/mol. The highest BCUT2D eigenvalue weighted by Crippen LogP contribution is 2.28. The Kier molecular flexibility index (Phi) is 4.61. The molecule has 0 aliphatic heterocycles. The molecule has 0 aliphatic rings. The molecule has 0 fully saturated rings. The number of hydrogen-bond acceptors (Lipinski definition) is 5. The van der Waals surface area contributed by atoms with Crippen LogP contribution in [0.1, 0.15) is 5.76 Å². The number of carbonyl (C=O) groups is 1. The molecule has 132 valence electrons. The Hall–Kier alpha value is -3.93. The van der Waals surface area contributed by atoms with Crippen LogP contribution in [0.2, 0.25) is 0 Å². The maximum absolute atomic E-state index is 12.2. The molecule has 0 saturated carbocycles. The van der Waals surface area contributed by atoms with Crippen LogP contribution < -0.4 is 5.32 Å². The number of carbonyl (C=O) groups excluding carboxylic acids is 1. The first kappa shape index (κ1) is 16.5. The van der Waals surface area contributed by atoms with Crippen LogP contribution in [-0.2, 0) is 4.79 Å². The van der Waals surface area contributed by atoms with E-state index in [1.807, 2.05) is 48.5 Å². The van der Waals surface area contributed by atoms with Crippen LogP contribution >= 0.6 is 0 Å². The monoisotopic (exact) mass is 357 g/mol. The summed E-state index contributed by atoms with van der Waals surface area (Å²) < 4.78 is 10.6. The first-order valence-corrected chi connectivity index (χ1v) is 8.31. The Bertz CT molecular complexity index is 1070. The lowest BCUT2D eigenvalue weighted by atomic mass is 10.1. The molecule has 1 amide bonds. The number of benzene rings is 2. The molecule has 2 aromatic heterocycles. The summed E-state index contributed by atoms with van der Waals surface area (Å²) in [4.78, 5) is 16.7. The van der Waals surface area contributed by atoms with Gasteiger partial charge in [-0.2, -0.15) is 4.98 Å². The zero-order chi connectivity index (χ0) is 18.5. The van der Waals surface area contributed by atoms with Crippen molar-refractivity contribution in [2.24, 2.45) is 0 Å². The Morgan fingerprint density at radius 2 is 1.78 bits per heavy atom. The maximum Gasteiger partial charge on any atom is 0.260 e. The summed E-state index contributed by atoms with van der Waals surface area (Å²) in [6, 6.07) is 20.3. The van der Waals surface area contributed by atoms with Crippen LogP contribution in [0.4, 0.5) is 5.69 Å². The molecule has 0 radical (unpaired) electrons. The summed E-state index contributed by atoms with van der Waals surface area (Å²) in [6.45, 7) is 0. The van der Waals surface area contributed by atoms with Crippen molar-refractivity contribution in [3.05, 3.63) is 84.8 Å². The van der Waals surface area contributed by atoms with Crippen molar-refractivity contribution < 1.29 is 13.7 Å². The van der Waals surface area contributed by atoms with E-state index in [-0.39, 0.29) is 5.91 Å². The molecule has 4 rings (SSSR count). The largest absolute Gasteiger partial charge is 0.465 e. The number of anilines is 1. The van der Waals surface area contributed by atoms with Gasteiger partial charge in [0.1, 0.15) is 5.76 Å². The highest BCUT2D eigenvalue weighted by atomic mass is 16.5. The molecular formula is C21H15N3O3. The van der Waals surface area contributed by atoms with Crippen LogP contribution in [0, 0.1) is 0 Å². The van der Waals surface area contributed by atoms with E-state index in [0.29, 0.717) is 28.7 Å². The van der Waals surface area contributed by atoms with Crippen molar-refractivity contribution in [2.75, 3.05) is 5.32 Å². The third-order valence-electron chi connectivity index (χ3n) is 3.82. The summed E-state index contributed by atoms with van der Waals surface area (Å²) in [5.74, 6) is 1.13. The zero-order valence-electron chi connectivity index (χ0n) is 14.2. The number of amides is 1. The van der Waals surface area contributed by atoms with Crippen molar-refractivity contribution >= 4 is 17.7 Å². The van der Waals surface area contributed by atoms with E-state index in [9.17, 15) is 4.79 Å². The number of nitrogens with one attached hydrogen (secondary N) is 1. The van der Waals surface area contributed by atoms with Crippen LogP contribution in [0.15, 0.2) is 88.0 Å². The number of nitrogens with zero attached hydrogens (tertiary/aromatic N) is 2. The average Bonchev–Trinajstić information content (AvgIpc) is 3.40. The van der Waals surface area contributed by atoms with Crippen molar-refractivity contribution in [2.45, 2.75) is 0 Å². The Morgan fingerprint density at radius 3 is 2.59 bits per heavy atom. The number of hydrogen-bond donors (Lipinski definition) is 1.